The number of nitriles is 2. The molecule has 1 aromatic heterocycles. The zero-order valence-corrected chi connectivity index (χ0v) is 23.4. The van der Waals surface area contributed by atoms with Gasteiger partial charge in [0, 0.05) is 64.6 Å². The molecule has 2 aromatic rings. The van der Waals surface area contributed by atoms with Gasteiger partial charge < -0.3 is 9.80 Å². The van der Waals surface area contributed by atoms with Crippen molar-refractivity contribution >= 4 is 11.6 Å². The lowest BCUT2D eigenvalue weighted by Crippen LogP contribution is -2.58. The summed E-state index contributed by atoms with van der Waals surface area (Å²) in [6.45, 7) is 8.95. The monoisotopic (exact) mass is 557 g/mol. The Bertz CT molecular complexity index is 1440. The van der Waals surface area contributed by atoms with E-state index in [1.54, 1.807) is 4.90 Å². The number of pyridine rings is 1. The van der Waals surface area contributed by atoms with Gasteiger partial charge in [0.25, 0.3) is 5.91 Å². The van der Waals surface area contributed by atoms with Crippen molar-refractivity contribution in [2.75, 3.05) is 57.3 Å². The molecule has 2 aliphatic heterocycles. The predicted molar refractivity (Wildman–Crippen MR) is 151 cm³/mol. The van der Waals surface area contributed by atoms with Crippen LogP contribution in [0.3, 0.4) is 0 Å². The number of anilines is 1. The maximum atomic E-state index is 15.8. The minimum absolute atomic E-state index is 0.191. The van der Waals surface area contributed by atoms with Crippen LogP contribution in [0.25, 0.3) is 0 Å². The number of alkyl halides is 1. The fourth-order valence-corrected chi connectivity index (χ4v) is 5.75. The van der Waals surface area contributed by atoms with Crippen LogP contribution in [0.1, 0.15) is 32.9 Å². The highest BCUT2D eigenvalue weighted by Crippen LogP contribution is 2.35. The molecule has 0 spiro atoms. The average Bonchev–Trinajstić information content (AvgIpc) is 3.00. The minimum Gasteiger partial charge on any atom is -0.369 e. The van der Waals surface area contributed by atoms with Crippen molar-refractivity contribution in [2.24, 2.45) is 5.92 Å². The molecule has 5 rings (SSSR count). The van der Waals surface area contributed by atoms with Gasteiger partial charge in [-0.15, -0.1) is 0 Å². The number of carbonyl (C=O) groups is 1. The number of benzene rings is 1. The van der Waals surface area contributed by atoms with E-state index in [1.807, 2.05) is 50.2 Å². The number of rotatable bonds is 5. The first-order chi connectivity index (χ1) is 19.7. The summed E-state index contributed by atoms with van der Waals surface area (Å²) in [5.41, 5.74) is 4.85. The molecule has 0 N–H and O–H groups in total. The summed E-state index contributed by atoms with van der Waals surface area (Å²) in [4.78, 5) is 26.2. The largest absolute Gasteiger partial charge is 0.369 e. The standard InChI is InChI=1S/C31H33F2N7O/c1-22-17-23(2)29(30(41)39-13-15-40(16-14-39)31(33)8-7-26(32)18-25(31)20-35)36-28(22)21-37-9-11-38(12-10-37)27-5-3-24(19-34)4-6-27/h3-8,17-18,25H,9-16,21H2,1-2H3. The summed E-state index contributed by atoms with van der Waals surface area (Å²) in [7, 11) is 0. The Labute approximate surface area is 239 Å². The van der Waals surface area contributed by atoms with Crippen molar-refractivity contribution in [3.63, 3.8) is 0 Å². The van der Waals surface area contributed by atoms with Gasteiger partial charge in [-0.05, 0) is 67.5 Å². The second-order valence-electron chi connectivity index (χ2n) is 10.8. The Morgan fingerprint density at radius 3 is 2.34 bits per heavy atom. The maximum absolute atomic E-state index is 15.8. The molecule has 0 radical (unpaired) electrons. The molecule has 3 aliphatic rings. The third-order valence-electron chi connectivity index (χ3n) is 8.25. The third kappa shape index (κ3) is 5.85. The lowest BCUT2D eigenvalue weighted by atomic mass is 9.91. The quantitative estimate of drug-likeness (QED) is 0.516. The summed E-state index contributed by atoms with van der Waals surface area (Å²) in [5.74, 6) is -4.16. The van der Waals surface area contributed by atoms with Gasteiger partial charge in [-0.3, -0.25) is 14.6 Å². The lowest BCUT2D eigenvalue weighted by molar-refractivity contribution is -0.0377. The Morgan fingerprint density at radius 2 is 1.71 bits per heavy atom. The van der Waals surface area contributed by atoms with Gasteiger partial charge in [-0.2, -0.15) is 10.5 Å². The Morgan fingerprint density at radius 1 is 1.02 bits per heavy atom. The van der Waals surface area contributed by atoms with Gasteiger partial charge in [0.05, 0.1) is 23.4 Å². The van der Waals surface area contributed by atoms with E-state index in [1.165, 1.54) is 4.90 Å². The van der Waals surface area contributed by atoms with E-state index >= 15 is 4.39 Å². The van der Waals surface area contributed by atoms with Gasteiger partial charge in [0.1, 0.15) is 17.4 Å². The number of allylic oxidation sites excluding steroid dienone is 2. The molecule has 41 heavy (non-hydrogen) atoms. The van der Waals surface area contributed by atoms with E-state index in [2.05, 4.69) is 15.9 Å². The molecule has 0 saturated carbocycles. The number of hydrogen-bond acceptors (Lipinski definition) is 7. The van der Waals surface area contributed by atoms with Crippen LogP contribution in [0.15, 0.2) is 54.4 Å². The van der Waals surface area contributed by atoms with Crippen molar-refractivity contribution in [1.29, 1.82) is 10.5 Å². The van der Waals surface area contributed by atoms with Crippen LogP contribution < -0.4 is 4.90 Å². The number of hydrogen-bond donors (Lipinski definition) is 0. The normalized spacial score (nSPS) is 23.6. The highest BCUT2D eigenvalue weighted by Gasteiger charge is 2.45. The fraction of sp³-hybridized carbons (Fsp3) is 0.419. The number of halogens is 2. The van der Waals surface area contributed by atoms with Gasteiger partial charge in [0.15, 0.2) is 0 Å². The van der Waals surface area contributed by atoms with Gasteiger partial charge >= 0.3 is 0 Å². The smallest absolute Gasteiger partial charge is 0.272 e. The molecule has 1 aromatic carbocycles. The van der Waals surface area contributed by atoms with Crippen molar-refractivity contribution in [3.8, 4) is 12.1 Å². The van der Waals surface area contributed by atoms with E-state index in [0.717, 1.165) is 66.9 Å². The van der Waals surface area contributed by atoms with E-state index in [-0.39, 0.29) is 32.1 Å². The molecule has 2 unspecified atom stereocenters. The van der Waals surface area contributed by atoms with Crippen LogP contribution in [0.5, 0.6) is 0 Å². The molecule has 2 atom stereocenters. The van der Waals surface area contributed by atoms with E-state index in [4.69, 9.17) is 10.2 Å². The molecule has 0 bridgehead atoms. The summed E-state index contributed by atoms with van der Waals surface area (Å²) in [6.07, 6.45) is 3.17. The topological polar surface area (TPSA) is 90.5 Å². The number of amides is 1. The molecule has 212 valence electrons. The van der Waals surface area contributed by atoms with Gasteiger partial charge in [-0.1, -0.05) is 6.07 Å². The summed E-state index contributed by atoms with van der Waals surface area (Å²) in [6, 6.07) is 13.6. The van der Waals surface area contributed by atoms with E-state index in [0.29, 0.717) is 17.8 Å². The number of aromatic nitrogens is 1. The predicted octanol–water partition coefficient (Wildman–Crippen LogP) is 3.88. The van der Waals surface area contributed by atoms with E-state index in [9.17, 15) is 14.4 Å². The zero-order valence-electron chi connectivity index (χ0n) is 23.4. The van der Waals surface area contributed by atoms with Crippen molar-refractivity contribution < 1.29 is 13.6 Å². The number of nitrogens with zero attached hydrogens (tertiary/aromatic N) is 7. The van der Waals surface area contributed by atoms with Crippen LogP contribution in [0.2, 0.25) is 0 Å². The Hall–Kier alpha value is -4.12. The number of carbonyl (C=O) groups excluding carboxylic acids is 1. The molecular weight excluding hydrogens is 524 g/mol. The van der Waals surface area contributed by atoms with Crippen LogP contribution in [-0.4, -0.2) is 83.7 Å². The first kappa shape index (κ1) is 28.4. The van der Waals surface area contributed by atoms with Crippen molar-refractivity contribution in [3.05, 3.63) is 82.5 Å². The van der Waals surface area contributed by atoms with Crippen LogP contribution in [0.4, 0.5) is 14.5 Å². The fourth-order valence-electron chi connectivity index (χ4n) is 5.75. The van der Waals surface area contributed by atoms with Crippen molar-refractivity contribution in [2.45, 2.75) is 26.2 Å². The molecular formula is C31H33F2N7O. The molecule has 3 heterocycles. The highest BCUT2D eigenvalue weighted by molar-refractivity contribution is 5.94. The second kappa shape index (κ2) is 11.8. The van der Waals surface area contributed by atoms with Crippen molar-refractivity contribution in [1.82, 2.24) is 19.7 Å². The molecule has 2 saturated heterocycles. The zero-order chi connectivity index (χ0) is 29.1. The second-order valence-corrected chi connectivity index (χ2v) is 10.8. The van der Waals surface area contributed by atoms with Crippen LogP contribution >= 0.6 is 0 Å². The molecule has 1 aliphatic carbocycles. The summed E-state index contributed by atoms with van der Waals surface area (Å²) < 4.78 is 29.4. The van der Waals surface area contributed by atoms with Crippen LogP contribution in [-0.2, 0) is 6.54 Å². The Kier molecular flexibility index (Phi) is 8.16. The lowest BCUT2D eigenvalue weighted by Gasteiger charge is -2.43. The number of aryl methyl sites for hydroxylation is 2. The SMILES string of the molecule is Cc1cc(C)c(C(=O)N2CCN(C3(F)C=CC(F)=CC3C#N)CC2)nc1CN1CCN(c2ccc(C#N)cc2)CC1. The molecule has 8 nitrogen and oxygen atoms in total. The molecule has 10 heteroatoms. The third-order valence-corrected chi connectivity index (χ3v) is 8.25. The molecule has 2 fully saturated rings. The average molecular weight is 558 g/mol. The minimum atomic E-state index is -2.10. The highest BCUT2D eigenvalue weighted by atomic mass is 19.1. The summed E-state index contributed by atoms with van der Waals surface area (Å²) in [5, 5.41) is 18.4. The summed E-state index contributed by atoms with van der Waals surface area (Å²) >= 11 is 0. The number of piperazine rings is 2. The molecule has 1 amide bonds. The van der Waals surface area contributed by atoms with Gasteiger partial charge in [-0.25, -0.2) is 13.8 Å². The van der Waals surface area contributed by atoms with Crippen LogP contribution in [0, 0.1) is 42.4 Å². The van der Waals surface area contributed by atoms with Gasteiger partial charge in [0.2, 0.25) is 5.79 Å². The van der Waals surface area contributed by atoms with E-state index < -0.39 is 17.5 Å². The Balaban J connectivity index is 1.21. The first-order valence-corrected chi connectivity index (χ1v) is 13.9. The maximum Gasteiger partial charge on any atom is 0.272 e. The first-order valence-electron chi connectivity index (χ1n) is 13.9.